The van der Waals surface area contributed by atoms with Crippen molar-refractivity contribution in [2.45, 2.75) is 12.8 Å². The highest BCUT2D eigenvalue weighted by Gasteiger charge is 2.36. The van der Waals surface area contributed by atoms with E-state index >= 15 is 0 Å². The third-order valence-corrected chi connectivity index (χ3v) is 3.79. The molecule has 1 aromatic rings. The summed E-state index contributed by atoms with van der Waals surface area (Å²) in [5.74, 6) is -2.74. The second-order valence-electron chi connectivity index (χ2n) is 5.17. The summed E-state index contributed by atoms with van der Waals surface area (Å²) in [7, 11) is 0. The Morgan fingerprint density at radius 1 is 1.50 bits per heavy atom. The van der Waals surface area contributed by atoms with Gasteiger partial charge in [-0.15, -0.1) is 6.58 Å². The van der Waals surface area contributed by atoms with Gasteiger partial charge in [0.05, 0.1) is 12.0 Å². The van der Waals surface area contributed by atoms with Crippen molar-refractivity contribution in [3.05, 3.63) is 66.5 Å². The van der Waals surface area contributed by atoms with Crippen molar-refractivity contribution in [2.24, 2.45) is 11.3 Å². The molecule has 0 bridgehead atoms. The number of allylic oxidation sites excluding steroid dienone is 3. The summed E-state index contributed by atoms with van der Waals surface area (Å²) < 4.78 is 14.1. The van der Waals surface area contributed by atoms with Crippen LogP contribution >= 0.6 is 0 Å². The van der Waals surface area contributed by atoms with Gasteiger partial charge in [0, 0.05) is 11.5 Å². The van der Waals surface area contributed by atoms with Crippen LogP contribution in [-0.4, -0.2) is 5.97 Å². The Labute approximate surface area is 128 Å². The van der Waals surface area contributed by atoms with Crippen LogP contribution in [0.25, 0.3) is 5.57 Å². The van der Waals surface area contributed by atoms with E-state index in [9.17, 15) is 19.6 Å². The molecule has 4 heteroatoms. The number of hydrogen-bond donors (Lipinski definition) is 0. The number of carboxylic acids is 1. The first kappa shape index (κ1) is 15.7. The number of carbonyl (C=O) groups excluding carboxylic acids is 1. The first-order chi connectivity index (χ1) is 10.5. The number of nitrogens with zero attached hydrogens (tertiary/aromatic N) is 1. The second kappa shape index (κ2) is 6.40. The topological polar surface area (TPSA) is 63.9 Å². The van der Waals surface area contributed by atoms with Gasteiger partial charge in [-0.2, -0.15) is 5.26 Å². The lowest BCUT2D eigenvalue weighted by Gasteiger charge is -2.32. The highest BCUT2D eigenvalue weighted by Crippen LogP contribution is 2.44. The van der Waals surface area contributed by atoms with Crippen LogP contribution in [0, 0.1) is 28.5 Å². The van der Waals surface area contributed by atoms with Crippen molar-refractivity contribution in [3.63, 3.8) is 0 Å². The maximum absolute atomic E-state index is 14.1. The normalized spacial score (nSPS) is 23.5. The smallest absolute Gasteiger partial charge is 0.130 e. The lowest BCUT2D eigenvalue weighted by Crippen LogP contribution is -2.32. The molecular weight excluding hydrogens is 281 g/mol. The molecule has 0 fully saturated rings. The summed E-state index contributed by atoms with van der Waals surface area (Å²) in [6, 6.07) is 8.24. The summed E-state index contributed by atoms with van der Waals surface area (Å²) in [6.45, 7) is 3.64. The monoisotopic (exact) mass is 296 g/mol. The summed E-state index contributed by atoms with van der Waals surface area (Å²) in [6.07, 6.45) is 7.00. The molecule has 0 amide bonds. The Kier molecular flexibility index (Phi) is 4.57. The molecule has 1 aliphatic carbocycles. The van der Waals surface area contributed by atoms with Crippen molar-refractivity contribution in [2.75, 3.05) is 0 Å². The van der Waals surface area contributed by atoms with Gasteiger partial charge in [-0.3, -0.25) is 0 Å². The van der Waals surface area contributed by atoms with E-state index in [1.54, 1.807) is 30.4 Å². The third kappa shape index (κ3) is 2.84. The molecule has 1 aromatic carbocycles. The minimum Gasteiger partial charge on any atom is -0.549 e. The van der Waals surface area contributed by atoms with Crippen molar-refractivity contribution < 1.29 is 14.3 Å². The number of hydrogen-bond acceptors (Lipinski definition) is 3. The van der Waals surface area contributed by atoms with Crippen LogP contribution in [0.5, 0.6) is 0 Å². The number of rotatable bonds is 5. The number of benzene rings is 1. The lowest BCUT2D eigenvalue weighted by molar-refractivity contribution is -0.308. The summed E-state index contributed by atoms with van der Waals surface area (Å²) in [4.78, 5) is 11.1. The maximum atomic E-state index is 14.1. The standard InChI is InChI=1S/C18H16FNO2/c1-2-3-9-18(12-20)10-8-13(17(21)22)11-15(18)14-6-4-5-7-16(14)19/h2,4-8,10-11,13H,1,3,9H2,(H,21,22)/p-1. The van der Waals surface area contributed by atoms with Crippen LogP contribution in [0.15, 0.2) is 55.1 Å². The van der Waals surface area contributed by atoms with Gasteiger partial charge in [-0.05, 0) is 24.5 Å². The van der Waals surface area contributed by atoms with E-state index in [4.69, 9.17) is 0 Å². The molecule has 0 heterocycles. The largest absolute Gasteiger partial charge is 0.549 e. The van der Waals surface area contributed by atoms with Crippen LogP contribution < -0.4 is 5.11 Å². The minimum absolute atomic E-state index is 0.240. The van der Waals surface area contributed by atoms with Crippen molar-refractivity contribution in [1.82, 2.24) is 0 Å². The lowest BCUT2D eigenvalue weighted by atomic mass is 9.70. The molecule has 1 aliphatic rings. The summed E-state index contributed by atoms with van der Waals surface area (Å²) >= 11 is 0. The molecule has 0 spiro atoms. The Hall–Kier alpha value is -2.67. The number of halogens is 1. The Balaban J connectivity index is 2.59. The van der Waals surface area contributed by atoms with E-state index in [1.165, 1.54) is 18.2 Å². The molecule has 0 N–H and O–H groups in total. The zero-order valence-electron chi connectivity index (χ0n) is 12.0. The average molecular weight is 296 g/mol. The zero-order valence-corrected chi connectivity index (χ0v) is 12.0. The highest BCUT2D eigenvalue weighted by molar-refractivity contribution is 5.83. The van der Waals surface area contributed by atoms with E-state index in [0.717, 1.165) is 0 Å². The Morgan fingerprint density at radius 2 is 2.23 bits per heavy atom. The Bertz CT molecular complexity index is 699. The molecule has 2 rings (SSSR count). The van der Waals surface area contributed by atoms with Crippen LogP contribution in [0.2, 0.25) is 0 Å². The molecule has 0 aliphatic heterocycles. The van der Waals surface area contributed by atoms with Crippen LogP contribution in [0.4, 0.5) is 4.39 Å². The minimum atomic E-state index is -1.28. The van der Waals surface area contributed by atoms with Gasteiger partial charge in [-0.1, -0.05) is 42.5 Å². The van der Waals surface area contributed by atoms with E-state index < -0.39 is 23.1 Å². The van der Waals surface area contributed by atoms with Gasteiger partial charge < -0.3 is 9.90 Å². The van der Waals surface area contributed by atoms with Crippen LogP contribution in [-0.2, 0) is 4.79 Å². The van der Waals surface area contributed by atoms with Gasteiger partial charge in [0.25, 0.3) is 0 Å². The van der Waals surface area contributed by atoms with E-state index in [2.05, 4.69) is 12.6 Å². The molecule has 0 saturated heterocycles. The molecule has 0 aromatic heterocycles. The SMILES string of the molecule is C=CCCC1(C#N)C=CC(C(=O)[O-])C=C1c1ccccc1F. The highest BCUT2D eigenvalue weighted by atomic mass is 19.1. The predicted molar refractivity (Wildman–Crippen MR) is 79.5 cm³/mol. The molecule has 3 nitrogen and oxygen atoms in total. The molecule has 2 atom stereocenters. The first-order valence-electron chi connectivity index (χ1n) is 6.93. The number of carboxylic acid groups (broad SMARTS) is 1. The van der Waals surface area contributed by atoms with Crippen LogP contribution in [0.1, 0.15) is 18.4 Å². The van der Waals surface area contributed by atoms with Crippen molar-refractivity contribution >= 4 is 11.5 Å². The van der Waals surface area contributed by atoms with E-state index in [0.29, 0.717) is 18.4 Å². The van der Waals surface area contributed by atoms with Gasteiger partial charge in [-0.25, -0.2) is 4.39 Å². The van der Waals surface area contributed by atoms with E-state index in [-0.39, 0.29) is 5.56 Å². The second-order valence-corrected chi connectivity index (χ2v) is 5.17. The summed E-state index contributed by atoms with van der Waals surface area (Å²) in [5, 5.41) is 20.8. The number of aliphatic carboxylic acids is 1. The fourth-order valence-corrected chi connectivity index (χ4v) is 2.60. The van der Waals surface area contributed by atoms with E-state index in [1.807, 2.05) is 0 Å². The summed E-state index contributed by atoms with van der Waals surface area (Å²) in [5.41, 5.74) is -0.460. The van der Waals surface area contributed by atoms with Gasteiger partial charge >= 0.3 is 0 Å². The van der Waals surface area contributed by atoms with Crippen molar-refractivity contribution in [1.29, 1.82) is 5.26 Å². The van der Waals surface area contributed by atoms with Gasteiger partial charge in [0.1, 0.15) is 11.2 Å². The fourth-order valence-electron chi connectivity index (χ4n) is 2.60. The molecule has 22 heavy (non-hydrogen) atoms. The third-order valence-electron chi connectivity index (χ3n) is 3.79. The van der Waals surface area contributed by atoms with Crippen molar-refractivity contribution in [3.8, 4) is 6.07 Å². The molecule has 112 valence electrons. The quantitative estimate of drug-likeness (QED) is 0.785. The number of nitriles is 1. The fraction of sp³-hybridized carbons (Fsp3) is 0.222. The average Bonchev–Trinajstić information content (AvgIpc) is 2.53. The number of carbonyl (C=O) groups is 1. The first-order valence-corrected chi connectivity index (χ1v) is 6.93. The zero-order chi connectivity index (χ0) is 16.2. The predicted octanol–water partition coefficient (Wildman–Crippen LogP) is 2.62. The van der Waals surface area contributed by atoms with Crippen LogP contribution in [0.3, 0.4) is 0 Å². The van der Waals surface area contributed by atoms with Gasteiger partial charge in [0.2, 0.25) is 0 Å². The molecule has 0 radical (unpaired) electrons. The maximum Gasteiger partial charge on any atom is 0.130 e. The molecule has 0 saturated carbocycles. The Morgan fingerprint density at radius 3 is 2.82 bits per heavy atom. The molecule has 2 unspecified atom stereocenters. The molecular formula is C18H15FNO2-. The van der Waals surface area contributed by atoms with Gasteiger partial charge in [0.15, 0.2) is 0 Å².